The van der Waals surface area contributed by atoms with Crippen molar-refractivity contribution in [1.82, 2.24) is 10.2 Å². The summed E-state index contributed by atoms with van der Waals surface area (Å²) in [6.07, 6.45) is 5.13. The van der Waals surface area contributed by atoms with Gasteiger partial charge in [-0.3, -0.25) is 4.79 Å². The Morgan fingerprint density at radius 1 is 1.00 bits per heavy atom. The molecule has 1 amide bonds. The van der Waals surface area contributed by atoms with Gasteiger partial charge >= 0.3 is 0 Å². The van der Waals surface area contributed by atoms with Crippen LogP contribution in [0.1, 0.15) is 32.1 Å². The molecular formula is C21H35Cl2N3O3. The molecule has 29 heavy (non-hydrogen) atoms. The number of hydrogen-bond donors (Lipinski definition) is 1. The number of nitrogens with one attached hydrogen (secondary N) is 1. The first-order valence-corrected chi connectivity index (χ1v) is 10.2. The molecule has 2 aliphatic rings. The molecule has 0 aromatic heterocycles. The van der Waals surface area contributed by atoms with E-state index >= 15 is 0 Å². The fraction of sp³-hybridized carbons (Fsp3) is 0.667. The number of halogens is 2. The molecule has 0 atom stereocenters. The van der Waals surface area contributed by atoms with Crippen LogP contribution in [0.15, 0.2) is 18.2 Å². The van der Waals surface area contributed by atoms with E-state index in [1.54, 1.807) is 14.2 Å². The van der Waals surface area contributed by atoms with Gasteiger partial charge in [-0.15, -0.1) is 24.8 Å². The standard InChI is InChI=1S/C21H33N3O3.2ClH/c1-26-19-14-18(15-20(16-19)27-2)23-10-3-11-24(13-12-23)21(25)5-4-17-6-8-22-9-7-17;;/h14-17,22H,3-13H2,1-2H3;2*1H. The van der Waals surface area contributed by atoms with E-state index in [1.165, 1.54) is 12.8 Å². The van der Waals surface area contributed by atoms with Crippen LogP contribution in [-0.4, -0.2) is 64.3 Å². The molecule has 0 radical (unpaired) electrons. The number of amides is 1. The van der Waals surface area contributed by atoms with Gasteiger partial charge in [0.05, 0.1) is 14.2 Å². The lowest BCUT2D eigenvalue weighted by Crippen LogP contribution is -2.35. The maximum Gasteiger partial charge on any atom is 0.222 e. The molecule has 0 spiro atoms. The van der Waals surface area contributed by atoms with Crippen molar-refractivity contribution in [3.05, 3.63) is 18.2 Å². The van der Waals surface area contributed by atoms with Crippen molar-refractivity contribution in [2.24, 2.45) is 5.92 Å². The Morgan fingerprint density at radius 2 is 1.66 bits per heavy atom. The van der Waals surface area contributed by atoms with E-state index in [-0.39, 0.29) is 24.8 Å². The molecule has 2 saturated heterocycles. The normalized spacial score (nSPS) is 17.6. The smallest absolute Gasteiger partial charge is 0.222 e. The Balaban J connectivity index is 0.00000210. The summed E-state index contributed by atoms with van der Waals surface area (Å²) in [6.45, 7) is 5.61. The van der Waals surface area contributed by atoms with Crippen molar-refractivity contribution in [2.75, 3.05) is 58.4 Å². The van der Waals surface area contributed by atoms with Crippen molar-refractivity contribution in [3.8, 4) is 11.5 Å². The predicted octanol–water partition coefficient (Wildman–Crippen LogP) is 3.37. The summed E-state index contributed by atoms with van der Waals surface area (Å²) in [5, 5.41) is 3.39. The number of piperidine rings is 1. The highest BCUT2D eigenvalue weighted by Gasteiger charge is 2.21. The molecule has 0 aliphatic carbocycles. The van der Waals surface area contributed by atoms with E-state index in [4.69, 9.17) is 9.47 Å². The number of carbonyl (C=O) groups is 1. The second kappa shape index (κ2) is 13.0. The van der Waals surface area contributed by atoms with Crippen molar-refractivity contribution < 1.29 is 14.3 Å². The number of benzene rings is 1. The summed E-state index contributed by atoms with van der Waals surface area (Å²) in [5.74, 6) is 2.62. The van der Waals surface area contributed by atoms with Gasteiger partial charge in [0, 0.05) is 56.5 Å². The molecule has 1 aromatic rings. The minimum atomic E-state index is 0. The molecular weight excluding hydrogens is 413 g/mol. The van der Waals surface area contributed by atoms with Crippen LogP contribution in [-0.2, 0) is 4.79 Å². The molecule has 0 saturated carbocycles. The Kier molecular flexibility index (Phi) is 11.5. The number of methoxy groups -OCH3 is 2. The highest BCUT2D eigenvalue weighted by atomic mass is 35.5. The lowest BCUT2D eigenvalue weighted by Gasteiger charge is -2.26. The maximum absolute atomic E-state index is 12.7. The van der Waals surface area contributed by atoms with Crippen LogP contribution in [0.4, 0.5) is 5.69 Å². The van der Waals surface area contributed by atoms with Gasteiger partial charge in [-0.2, -0.15) is 0 Å². The lowest BCUT2D eigenvalue weighted by molar-refractivity contribution is -0.131. The highest BCUT2D eigenvalue weighted by molar-refractivity contribution is 5.85. The zero-order valence-electron chi connectivity index (χ0n) is 17.5. The molecule has 0 bridgehead atoms. The second-order valence-corrected chi connectivity index (χ2v) is 7.52. The van der Waals surface area contributed by atoms with Gasteiger partial charge in [-0.05, 0) is 44.7 Å². The molecule has 166 valence electrons. The predicted molar refractivity (Wildman–Crippen MR) is 122 cm³/mol. The third-order valence-electron chi connectivity index (χ3n) is 5.78. The van der Waals surface area contributed by atoms with E-state index in [2.05, 4.69) is 15.1 Å². The number of nitrogens with zero attached hydrogens (tertiary/aromatic N) is 2. The fourth-order valence-electron chi connectivity index (χ4n) is 4.06. The van der Waals surface area contributed by atoms with E-state index in [0.717, 1.165) is 69.3 Å². The number of anilines is 1. The first-order valence-electron chi connectivity index (χ1n) is 10.2. The summed E-state index contributed by atoms with van der Waals surface area (Å²) >= 11 is 0. The molecule has 6 nitrogen and oxygen atoms in total. The molecule has 2 fully saturated rings. The maximum atomic E-state index is 12.7. The van der Waals surface area contributed by atoms with Crippen LogP contribution in [0.2, 0.25) is 0 Å². The Morgan fingerprint density at radius 3 is 2.28 bits per heavy atom. The summed E-state index contributed by atoms with van der Waals surface area (Å²) in [4.78, 5) is 17.1. The van der Waals surface area contributed by atoms with Crippen molar-refractivity contribution in [1.29, 1.82) is 0 Å². The monoisotopic (exact) mass is 447 g/mol. The van der Waals surface area contributed by atoms with Gasteiger partial charge in [-0.1, -0.05) is 0 Å². The summed E-state index contributed by atoms with van der Waals surface area (Å²) in [7, 11) is 3.34. The van der Waals surface area contributed by atoms with Gasteiger partial charge in [0.1, 0.15) is 11.5 Å². The molecule has 1 aromatic carbocycles. The van der Waals surface area contributed by atoms with Gasteiger partial charge in [0.2, 0.25) is 5.91 Å². The van der Waals surface area contributed by atoms with Crippen LogP contribution < -0.4 is 19.7 Å². The Labute approximate surface area is 187 Å². The summed E-state index contributed by atoms with van der Waals surface area (Å²) < 4.78 is 10.8. The topological polar surface area (TPSA) is 54.0 Å². The third-order valence-corrected chi connectivity index (χ3v) is 5.78. The SMILES string of the molecule is COc1cc(OC)cc(N2CCCN(C(=O)CCC3CCNCC3)CC2)c1.Cl.Cl. The van der Waals surface area contributed by atoms with Crippen molar-refractivity contribution >= 4 is 36.4 Å². The Bertz CT molecular complexity index is 605. The molecule has 1 N–H and O–H groups in total. The minimum Gasteiger partial charge on any atom is -0.497 e. The van der Waals surface area contributed by atoms with E-state index in [0.29, 0.717) is 18.2 Å². The van der Waals surface area contributed by atoms with Gasteiger partial charge in [0.25, 0.3) is 0 Å². The highest BCUT2D eigenvalue weighted by Crippen LogP contribution is 2.29. The van der Waals surface area contributed by atoms with Crippen LogP contribution in [0.5, 0.6) is 11.5 Å². The van der Waals surface area contributed by atoms with Gasteiger partial charge in [-0.25, -0.2) is 0 Å². The first kappa shape index (κ1) is 25.7. The largest absolute Gasteiger partial charge is 0.497 e. The zero-order valence-corrected chi connectivity index (χ0v) is 19.2. The molecule has 0 unspecified atom stereocenters. The molecule has 2 heterocycles. The van der Waals surface area contributed by atoms with E-state index in [1.807, 2.05) is 18.2 Å². The number of ether oxygens (including phenoxy) is 2. The number of hydrogen-bond acceptors (Lipinski definition) is 5. The van der Waals surface area contributed by atoms with Crippen LogP contribution in [0, 0.1) is 5.92 Å². The second-order valence-electron chi connectivity index (χ2n) is 7.52. The quantitative estimate of drug-likeness (QED) is 0.724. The number of carbonyl (C=O) groups excluding carboxylic acids is 1. The van der Waals surface area contributed by atoms with E-state index < -0.39 is 0 Å². The van der Waals surface area contributed by atoms with Crippen LogP contribution in [0.3, 0.4) is 0 Å². The van der Waals surface area contributed by atoms with Gasteiger partial charge < -0.3 is 24.6 Å². The summed E-state index contributed by atoms with van der Waals surface area (Å²) in [6, 6.07) is 5.96. The lowest BCUT2D eigenvalue weighted by atomic mass is 9.93. The average Bonchev–Trinajstić information content (AvgIpc) is 2.98. The van der Waals surface area contributed by atoms with Crippen molar-refractivity contribution in [3.63, 3.8) is 0 Å². The zero-order chi connectivity index (χ0) is 19.1. The Hall–Kier alpha value is -1.37. The first-order chi connectivity index (χ1) is 13.2. The minimum absolute atomic E-state index is 0. The molecule has 8 heteroatoms. The average molecular weight is 448 g/mol. The van der Waals surface area contributed by atoms with E-state index in [9.17, 15) is 4.79 Å². The van der Waals surface area contributed by atoms with Crippen LogP contribution in [0.25, 0.3) is 0 Å². The molecule has 3 rings (SSSR count). The number of rotatable bonds is 6. The summed E-state index contributed by atoms with van der Waals surface area (Å²) in [5.41, 5.74) is 1.09. The third kappa shape index (κ3) is 7.43. The van der Waals surface area contributed by atoms with Crippen molar-refractivity contribution in [2.45, 2.75) is 32.1 Å². The fourth-order valence-corrected chi connectivity index (χ4v) is 4.06. The molecule has 2 aliphatic heterocycles. The van der Waals surface area contributed by atoms with Gasteiger partial charge in [0.15, 0.2) is 0 Å². The van der Waals surface area contributed by atoms with Crippen LogP contribution >= 0.6 is 24.8 Å².